The molecule has 1 aromatic carbocycles. The molecule has 1 aliphatic heterocycles. The van der Waals surface area contributed by atoms with Crippen molar-refractivity contribution in [1.29, 1.82) is 0 Å². The maximum atomic E-state index is 12.1. The Hall–Kier alpha value is -2.12. The minimum Gasteiger partial charge on any atom is -0.373 e. The largest absolute Gasteiger partial charge is 0.373 e. The van der Waals surface area contributed by atoms with E-state index in [0.29, 0.717) is 17.9 Å². The number of hydrogen-bond donors (Lipinski definition) is 3. The number of urea groups is 1. The third kappa shape index (κ3) is 6.65. The zero-order chi connectivity index (χ0) is 19.1. The summed E-state index contributed by atoms with van der Waals surface area (Å²) >= 11 is 0. The van der Waals surface area contributed by atoms with Crippen LogP contribution in [0.4, 0.5) is 16.2 Å². The van der Waals surface area contributed by atoms with Gasteiger partial charge in [-0.25, -0.2) is 4.79 Å². The third-order valence-electron chi connectivity index (χ3n) is 4.12. The molecule has 3 amide bonds. The molecule has 1 heterocycles. The van der Waals surface area contributed by atoms with Gasteiger partial charge in [0.25, 0.3) is 0 Å². The van der Waals surface area contributed by atoms with Crippen molar-refractivity contribution >= 4 is 23.3 Å². The third-order valence-corrected chi connectivity index (χ3v) is 4.12. The summed E-state index contributed by atoms with van der Waals surface area (Å²) in [4.78, 5) is 26.1. The average molecular weight is 362 g/mol. The second-order valence-electron chi connectivity index (χ2n) is 7.12. The van der Waals surface area contributed by atoms with E-state index in [1.54, 1.807) is 24.3 Å². The van der Waals surface area contributed by atoms with Crippen LogP contribution in [-0.2, 0) is 9.53 Å². The number of ether oxygens (including phenoxy) is 1. The van der Waals surface area contributed by atoms with Crippen LogP contribution in [0.15, 0.2) is 24.3 Å². The first-order valence-corrected chi connectivity index (χ1v) is 9.17. The number of nitrogens with zero attached hydrogens (tertiary/aromatic N) is 1. The Labute approximate surface area is 155 Å². The molecule has 0 radical (unpaired) electrons. The van der Waals surface area contributed by atoms with Crippen molar-refractivity contribution in [2.45, 2.75) is 39.9 Å². The van der Waals surface area contributed by atoms with E-state index in [4.69, 9.17) is 4.74 Å². The normalized spacial score (nSPS) is 20.7. The Kier molecular flexibility index (Phi) is 7.41. The van der Waals surface area contributed by atoms with E-state index >= 15 is 0 Å². The van der Waals surface area contributed by atoms with Crippen molar-refractivity contribution in [3.63, 3.8) is 0 Å². The highest BCUT2D eigenvalue weighted by atomic mass is 16.5. The number of carbonyl (C=O) groups excluding carboxylic acids is 2. The molecule has 0 bridgehead atoms. The quantitative estimate of drug-likeness (QED) is 0.726. The number of anilines is 2. The molecule has 0 aromatic heterocycles. The van der Waals surface area contributed by atoms with E-state index in [-0.39, 0.29) is 30.1 Å². The molecular weight excluding hydrogens is 332 g/mol. The molecule has 7 nitrogen and oxygen atoms in total. The van der Waals surface area contributed by atoms with Crippen LogP contribution in [0.5, 0.6) is 0 Å². The molecule has 26 heavy (non-hydrogen) atoms. The first kappa shape index (κ1) is 20.2. The molecule has 7 heteroatoms. The predicted octanol–water partition coefficient (Wildman–Crippen LogP) is 2.51. The molecule has 0 spiro atoms. The van der Waals surface area contributed by atoms with E-state index in [1.165, 1.54) is 0 Å². The molecular formula is C19H30N4O3. The van der Waals surface area contributed by atoms with Gasteiger partial charge in [0.1, 0.15) is 0 Å². The van der Waals surface area contributed by atoms with Crippen LogP contribution in [0.1, 0.15) is 27.7 Å². The zero-order valence-electron chi connectivity index (χ0n) is 16.0. The Bertz CT molecular complexity index is 611. The standard InChI is InChI=1S/C19H30N4O3/c1-13(2)18(24)21-16-6-5-7-17(10-16)22-19(25)20-8-9-23-11-14(3)26-15(4)12-23/h5-7,10,13-15H,8-9,11-12H2,1-4H3,(H,21,24)(H2,20,22,25). The van der Waals surface area contributed by atoms with Gasteiger partial charge in [-0.15, -0.1) is 0 Å². The SMILES string of the molecule is CC1CN(CCNC(=O)Nc2cccc(NC(=O)C(C)C)c2)CC(C)O1. The lowest BCUT2D eigenvalue weighted by molar-refractivity contribution is -0.118. The summed E-state index contributed by atoms with van der Waals surface area (Å²) in [5.41, 5.74) is 1.30. The van der Waals surface area contributed by atoms with Crippen molar-refractivity contribution in [2.75, 3.05) is 36.8 Å². The number of nitrogens with one attached hydrogen (secondary N) is 3. The molecule has 1 saturated heterocycles. The topological polar surface area (TPSA) is 82.7 Å². The fraction of sp³-hybridized carbons (Fsp3) is 0.579. The van der Waals surface area contributed by atoms with Crippen molar-refractivity contribution in [3.05, 3.63) is 24.3 Å². The first-order valence-electron chi connectivity index (χ1n) is 9.17. The van der Waals surface area contributed by atoms with Crippen LogP contribution < -0.4 is 16.0 Å². The molecule has 1 fully saturated rings. The highest BCUT2D eigenvalue weighted by Gasteiger charge is 2.21. The molecule has 2 unspecified atom stereocenters. The van der Waals surface area contributed by atoms with Gasteiger partial charge in [0, 0.05) is 43.5 Å². The van der Waals surface area contributed by atoms with Crippen molar-refractivity contribution < 1.29 is 14.3 Å². The number of morpholine rings is 1. The maximum absolute atomic E-state index is 12.1. The van der Waals surface area contributed by atoms with E-state index in [2.05, 4.69) is 34.7 Å². The van der Waals surface area contributed by atoms with Gasteiger partial charge in [-0.2, -0.15) is 0 Å². The van der Waals surface area contributed by atoms with Gasteiger partial charge in [-0.3, -0.25) is 9.69 Å². The summed E-state index contributed by atoms with van der Waals surface area (Å²) in [6, 6.07) is 6.86. The summed E-state index contributed by atoms with van der Waals surface area (Å²) in [5, 5.41) is 8.48. The Morgan fingerprint density at radius 1 is 1.15 bits per heavy atom. The molecule has 3 N–H and O–H groups in total. The Morgan fingerprint density at radius 2 is 1.77 bits per heavy atom. The number of hydrogen-bond acceptors (Lipinski definition) is 4. The highest BCUT2D eigenvalue weighted by molar-refractivity contribution is 5.94. The van der Waals surface area contributed by atoms with Crippen LogP contribution in [0, 0.1) is 5.92 Å². The lowest BCUT2D eigenvalue weighted by atomic mass is 10.2. The van der Waals surface area contributed by atoms with E-state index in [0.717, 1.165) is 19.6 Å². The number of amides is 3. The molecule has 144 valence electrons. The summed E-state index contributed by atoms with van der Waals surface area (Å²) < 4.78 is 5.70. The molecule has 2 atom stereocenters. The van der Waals surface area contributed by atoms with Gasteiger partial charge in [-0.1, -0.05) is 19.9 Å². The number of rotatable bonds is 6. The van der Waals surface area contributed by atoms with Gasteiger partial charge in [0.05, 0.1) is 12.2 Å². The van der Waals surface area contributed by atoms with Crippen molar-refractivity contribution in [2.24, 2.45) is 5.92 Å². The Morgan fingerprint density at radius 3 is 2.38 bits per heavy atom. The van der Waals surface area contributed by atoms with E-state index < -0.39 is 0 Å². The lowest BCUT2D eigenvalue weighted by Crippen LogP contribution is -2.48. The summed E-state index contributed by atoms with van der Waals surface area (Å²) in [6.07, 6.45) is 0.438. The van der Waals surface area contributed by atoms with Crippen molar-refractivity contribution in [3.8, 4) is 0 Å². The average Bonchev–Trinajstić information content (AvgIpc) is 2.54. The minimum atomic E-state index is -0.258. The predicted molar refractivity (Wildman–Crippen MR) is 103 cm³/mol. The highest BCUT2D eigenvalue weighted by Crippen LogP contribution is 2.16. The van der Waals surface area contributed by atoms with Crippen LogP contribution in [0.3, 0.4) is 0 Å². The lowest BCUT2D eigenvalue weighted by Gasteiger charge is -2.35. The fourth-order valence-corrected chi connectivity index (χ4v) is 2.93. The summed E-state index contributed by atoms with van der Waals surface area (Å²) in [6.45, 7) is 10.9. The second-order valence-corrected chi connectivity index (χ2v) is 7.12. The molecule has 2 rings (SSSR count). The number of carbonyl (C=O) groups is 2. The monoisotopic (exact) mass is 362 g/mol. The summed E-state index contributed by atoms with van der Waals surface area (Å²) in [5.74, 6) is -0.152. The Balaban J connectivity index is 1.76. The maximum Gasteiger partial charge on any atom is 0.319 e. The van der Waals surface area contributed by atoms with Gasteiger partial charge in [0.2, 0.25) is 5.91 Å². The van der Waals surface area contributed by atoms with Gasteiger partial charge < -0.3 is 20.7 Å². The second kappa shape index (κ2) is 9.54. The zero-order valence-corrected chi connectivity index (χ0v) is 16.0. The van der Waals surface area contributed by atoms with Crippen LogP contribution in [0.25, 0.3) is 0 Å². The number of benzene rings is 1. The molecule has 0 aliphatic carbocycles. The smallest absolute Gasteiger partial charge is 0.319 e. The van der Waals surface area contributed by atoms with Gasteiger partial charge in [-0.05, 0) is 32.0 Å². The van der Waals surface area contributed by atoms with Gasteiger partial charge >= 0.3 is 6.03 Å². The fourth-order valence-electron chi connectivity index (χ4n) is 2.93. The van der Waals surface area contributed by atoms with Crippen molar-refractivity contribution in [1.82, 2.24) is 10.2 Å². The van der Waals surface area contributed by atoms with Crippen LogP contribution in [-0.4, -0.2) is 55.2 Å². The first-order chi connectivity index (χ1) is 12.3. The van der Waals surface area contributed by atoms with Gasteiger partial charge in [0.15, 0.2) is 0 Å². The summed E-state index contributed by atoms with van der Waals surface area (Å²) in [7, 11) is 0. The van der Waals surface area contributed by atoms with E-state index in [1.807, 2.05) is 13.8 Å². The molecule has 1 aromatic rings. The molecule has 1 aliphatic rings. The minimum absolute atomic E-state index is 0.0550. The molecule has 0 saturated carbocycles. The van der Waals surface area contributed by atoms with Crippen LogP contribution >= 0.6 is 0 Å². The van der Waals surface area contributed by atoms with Crippen LogP contribution in [0.2, 0.25) is 0 Å². The van der Waals surface area contributed by atoms with E-state index in [9.17, 15) is 9.59 Å².